The fourth-order valence-electron chi connectivity index (χ4n) is 1.63. The van der Waals surface area contributed by atoms with Crippen molar-refractivity contribution in [3.8, 4) is 0 Å². The van der Waals surface area contributed by atoms with Crippen molar-refractivity contribution in [3.05, 3.63) is 46.4 Å². The first-order valence-corrected chi connectivity index (χ1v) is 7.23. The first kappa shape index (κ1) is 10.5. The van der Waals surface area contributed by atoms with Gasteiger partial charge in [-0.3, -0.25) is 0 Å². The van der Waals surface area contributed by atoms with Gasteiger partial charge >= 0.3 is 110 Å². The van der Waals surface area contributed by atoms with Crippen LogP contribution in [0.4, 0.5) is 11.4 Å². The Balaban J connectivity index is 2.10. The summed E-state index contributed by atoms with van der Waals surface area (Å²) in [5.41, 5.74) is 2.30. The van der Waals surface area contributed by atoms with Gasteiger partial charge < -0.3 is 0 Å². The van der Waals surface area contributed by atoms with Crippen LogP contribution in [0.5, 0.6) is 0 Å². The van der Waals surface area contributed by atoms with Gasteiger partial charge in [-0.25, -0.2) is 0 Å². The number of anilines is 2. The van der Waals surface area contributed by atoms with Gasteiger partial charge in [0.25, 0.3) is 0 Å². The molecule has 0 atom stereocenters. The Hall–Kier alpha value is -0.661. The van der Waals surface area contributed by atoms with Crippen LogP contribution >= 0.6 is 23.2 Å². The Morgan fingerprint density at radius 2 is 1.31 bits per heavy atom. The molecule has 0 saturated heterocycles. The molecule has 80 valence electrons. The SMILES string of the molecule is Clc1ccc2c(c1)[Se]c1cc(Cl)ccc1N2. The van der Waals surface area contributed by atoms with Gasteiger partial charge in [-0.15, -0.1) is 0 Å². The predicted octanol–water partition coefficient (Wildman–Crippen LogP) is 2.71. The van der Waals surface area contributed by atoms with E-state index in [-0.39, 0.29) is 15.0 Å². The van der Waals surface area contributed by atoms with Crippen LogP contribution in [-0.4, -0.2) is 15.0 Å². The molecule has 0 bridgehead atoms. The summed E-state index contributed by atoms with van der Waals surface area (Å²) in [6.07, 6.45) is 0. The number of hydrogen-bond acceptors (Lipinski definition) is 1. The summed E-state index contributed by atoms with van der Waals surface area (Å²) in [4.78, 5) is 0. The van der Waals surface area contributed by atoms with E-state index in [0.717, 1.165) is 21.4 Å². The molecular weight excluding hydrogens is 308 g/mol. The molecule has 2 aromatic rings. The number of rotatable bonds is 0. The van der Waals surface area contributed by atoms with Crippen LogP contribution in [0.2, 0.25) is 10.0 Å². The van der Waals surface area contributed by atoms with Gasteiger partial charge in [-0.05, 0) is 0 Å². The van der Waals surface area contributed by atoms with E-state index in [1.807, 2.05) is 36.4 Å². The minimum absolute atomic E-state index is 0.270. The summed E-state index contributed by atoms with van der Waals surface area (Å²) in [7, 11) is 0. The summed E-state index contributed by atoms with van der Waals surface area (Å²) in [6, 6.07) is 11.9. The predicted molar refractivity (Wildman–Crippen MR) is 71.2 cm³/mol. The monoisotopic (exact) mass is 315 g/mol. The fraction of sp³-hybridized carbons (Fsp3) is 0. The minimum atomic E-state index is 0.270. The quantitative estimate of drug-likeness (QED) is 0.629. The first-order valence-electron chi connectivity index (χ1n) is 4.76. The van der Waals surface area contributed by atoms with E-state index in [1.165, 1.54) is 8.92 Å². The second-order valence-electron chi connectivity index (χ2n) is 3.51. The molecule has 4 heteroatoms. The average Bonchev–Trinajstić information content (AvgIpc) is 2.26. The summed E-state index contributed by atoms with van der Waals surface area (Å²) in [6.45, 7) is 0. The van der Waals surface area contributed by atoms with Crippen LogP contribution < -0.4 is 14.2 Å². The molecular formula is C12H7Cl2NSe. The zero-order valence-corrected chi connectivity index (χ0v) is 11.4. The van der Waals surface area contributed by atoms with Crippen molar-refractivity contribution in [1.29, 1.82) is 0 Å². The Morgan fingerprint density at radius 1 is 0.812 bits per heavy atom. The molecule has 0 amide bonds. The van der Waals surface area contributed by atoms with Crippen molar-refractivity contribution in [1.82, 2.24) is 0 Å². The van der Waals surface area contributed by atoms with Crippen molar-refractivity contribution in [2.24, 2.45) is 0 Å². The molecule has 3 rings (SSSR count). The van der Waals surface area contributed by atoms with Gasteiger partial charge in [0.05, 0.1) is 0 Å². The number of fused-ring (bicyclic) bond motifs is 2. The van der Waals surface area contributed by atoms with Crippen LogP contribution in [0.3, 0.4) is 0 Å². The maximum absolute atomic E-state index is 5.99. The van der Waals surface area contributed by atoms with E-state index in [4.69, 9.17) is 23.2 Å². The van der Waals surface area contributed by atoms with Crippen molar-refractivity contribution in [2.75, 3.05) is 5.32 Å². The fourth-order valence-corrected chi connectivity index (χ4v) is 4.51. The number of hydrogen-bond donors (Lipinski definition) is 1. The molecule has 1 N–H and O–H groups in total. The van der Waals surface area contributed by atoms with E-state index in [2.05, 4.69) is 5.32 Å². The summed E-state index contributed by atoms with van der Waals surface area (Å²) >= 11 is 12.3. The van der Waals surface area contributed by atoms with E-state index >= 15 is 0 Å². The second kappa shape index (κ2) is 3.97. The molecule has 1 nitrogen and oxygen atoms in total. The molecule has 1 heterocycles. The van der Waals surface area contributed by atoms with Crippen molar-refractivity contribution < 1.29 is 0 Å². The molecule has 1 aliphatic rings. The van der Waals surface area contributed by atoms with Crippen LogP contribution in [-0.2, 0) is 0 Å². The van der Waals surface area contributed by atoms with E-state index < -0.39 is 0 Å². The summed E-state index contributed by atoms with van der Waals surface area (Å²) in [5.74, 6) is 0. The molecule has 0 saturated carbocycles. The molecule has 1 aliphatic heterocycles. The van der Waals surface area contributed by atoms with Gasteiger partial charge in [-0.2, -0.15) is 0 Å². The standard InChI is InChI=1S/C12H7Cl2NSe/c13-7-1-3-9-11(5-7)16-12-6-8(14)2-4-10(12)15-9/h1-6,15H. The molecule has 0 aromatic heterocycles. The van der Waals surface area contributed by atoms with Gasteiger partial charge in [0.2, 0.25) is 0 Å². The molecule has 16 heavy (non-hydrogen) atoms. The third kappa shape index (κ3) is 1.83. The van der Waals surface area contributed by atoms with Gasteiger partial charge in [0.15, 0.2) is 0 Å². The van der Waals surface area contributed by atoms with Crippen molar-refractivity contribution in [3.63, 3.8) is 0 Å². The van der Waals surface area contributed by atoms with Gasteiger partial charge in [-0.1, -0.05) is 0 Å². The van der Waals surface area contributed by atoms with Crippen LogP contribution in [0, 0.1) is 0 Å². The van der Waals surface area contributed by atoms with Crippen LogP contribution in [0.25, 0.3) is 0 Å². The normalized spacial score (nSPS) is 12.6. The molecule has 0 aliphatic carbocycles. The Morgan fingerprint density at radius 3 is 1.81 bits per heavy atom. The molecule has 0 fully saturated rings. The zero-order valence-electron chi connectivity index (χ0n) is 8.13. The van der Waals surface area contributed by atoms with E-state index in [1.54, 1.807) is 0 Å². The number of halogens is 2. The molecule has 2 aromatic carbocycles. The Kier molecular flexibility index (Phi) is 2.61. The van der Waals surface area contributed by atoms with Crippen LogP contribution in [0.1, 0.15) is 0 Å². The van der Waals surface area contributed by atoms with Crippen molar-refractivity contribution >= 4 is 58.5 Å². The summed E-state index contributed by atoms with van der Waals surface area (Å²) < 4.78 is 2.55. The maximum atomic E-state index is 5.99. The van der Waals surface area contributed by atoms with Crippen LogP contribution in [0.15, 0.2) is 36.4 Å². The zero-order chi connectivity index (χ0) is 11.1. The second-order valence-corrected chi connectivity index (χ2v) is 6.65. The van der Waals surface area contributed by atoms with E-state index in [9.17, 15) is 0 Å². The first-order chi connectivity index (χ1) is 7.72. The number of nitrogens with one attached hydrogen (secondary N) is 1. The summed E-state index contributed by atoms with van der Waals surface area (Å²) in [5, 5.41) is 4.96. The molecule has 0 unspecified atom stereocenters. The molecule has 0 radical (unpaired) electrons. The van der Waals surface area contributed by atoms with Gasteiger partial charge in [0, 0.05) is 0 Å². The Bertz CT molecular complexity index is 519. The van der Waals surface area contributed by atoms with E-state index in [0.29, 0.717) is 0 Å². The van der Waals surface area contributed by atoms with Crippen molar-refractivity contribution in [2.45, 2.75) is 0 Å². The van der Waals surface area contributed by atoms with Gasteiger partial charge in [0.1, 0.15) is 0 Å². The third-order valence-corrected chi connectivity index (χ3v) is 5.19. The third-order valence-electron chi connectivity index (χ3n) is 2.38. The average molecular weight is 315 g/mol. The Labute approximate surface area is 110 Å². The molecule has 0 spiro atoms. The topological polar surface area (TPSA) is 12.0 Å². The number of benzene rings is 2.